The van der Waals surface area contributed by atoms with Crippen molar-refractivity contribution in [3.8, 4) is 0 Å². The number of rotatable bonds is 6. The van der Waals surface area contributed by atoms with Gasteiger partial charge in [0, 0.05) is 11.9 Å². The molecule has 1 unspecified atom stereocenters. The number of furan rings is 1. The molecule has 0 aliphatic rings. The molecule has 0 aliphatic heterocycles. The Morgan fingerprint density at radius 1 is 1.43 bits per heavy atom. The molecular weight excluding hydrogens is 338 g/mol. The van der Waals surface area contributed by atoms with Crippen LogP contribution in [0.15, 0.2) is 33.2 Å². The first-order valence-electron chi connectivity index (χ1n) is 6.68. The molecule has 2 aromatic rings. The van der Waals surface area contributed by atoms with Crippen LogP contribution in [0.2, 0.25) is 0 Å². The van der Waals surface area contributed by atoms with Gasteiger partial charge in [0.25, 0.3) is 5.91 Å². The number of benzene rings is 1. The van der Waals surface area contributed by atoms with Gasteiger partial charge in [0.15, 0.2) is 5.76 Å². The number of hydrogen-bond donors (Lipinski definition) is 2. The molecule has 1 aromatic heterocycles. The Labute approximate surface area is 130 Å². The number of aliphatic carboxylic acids is 1. The maximum atomic E-state index is 12.0. The average Bonchev–Trinajstić information content (AvgIpc) is 2.88. The Morgan fingerprint density at radius 2 is 2.19 bits per heavy atom. The summed E-state index contributed by atoms with van der Waals surface area (Å²) in [7, 11) is 0. The summed E-state index contributed by atoms with van der Waals surface area (Å²) in [5.41, 5.74) is 0.641. The molecule has 5 nitrogen and oxygen atoms in total. The van der Waals surface area contributed by atoms with Crippen molar-refractivity contribution in [3.63, 3.8) is 0 Å². The van der Waals surface area contributed by atoms with Crippen LogP contribution >= 0.6 is 15.9 Å². The fourth-order valence-corrected chi connectivity index (χ4v) is 2.42. The predicted molar refractivity (Wildman–Crippen MR) is 82.3 cm³/mol. The molecule has 1 aromatic carbocycles. The molecule has 6 heteroatoms. The van der Waals surface area contributed by atoms with Crippen molar-refractivity contribution in [2.24, 2.45) is 5.92 Å². The van der Waals surface area contributed by atoms with Crippen LogP contribution in [-0.4, -0.2) is 23.5 Å². The van der Waals surface area contributed by atoms with Crippen molar-refractivity contribution in [2.75, 3.05) is 6.54 Å². The van der Waals surface area contributed by atoms with E-state index in [1.165, 1.54) is 0 Å². The van der Waals surface area contributed by atoms with Gasteiger partial charge in [-0.05, 0) is 40.9 Å². The van der Waals surface area contributed by atoms with E-state index in [1.54, 1.807) is 13.0 Å². The maximum absolute atomic E-state index is 12.0. The third-order valence-electron chi connectivity index (χ3n) is 3.24. The van der Waals surface area contributed by atoms with Gasteiger partial charge >= 0.3 is 5.97 Å². The highest BCUT2D eigenvalue weighted by atomic mass is 79.9. The van der Waals surface area contributed by atoms with E-state index in [0.717, 1.165) is 9.86 Å². The number of fused-ring (bicyclic) bond motifs is 1. The summed E-state index contributed by atoms with van der Waals surface area (Å²) in [5, 5.41) is 12.4. The van der Waals surface area contributed by atoms with Gasteiger partial charge in [-0.1, -0.05) is 19.1 Å². The first-order valence-corrected chi connectivity index (χ1v) is 7.47. The molecule has 0 aliphatic carbocycles. The van der Waals surface area contributed by atoms with Gasteiger partial charge in [-0.25, -0.2) is 0 Å². The molecule has 0 spiro atoms. The zero-order valence-corrected chi connectivity index (χ0v) is 13.1. The standard InChI is InChI=1S/C15H16BrNO4/c1-9(15(19)20)4-3-7-17-14(18)12-8-10-5-2-6-11(16)13(10)21-12/h2,5-6,8-9H,3-4,7H2,1H3,(H,17,18)(H,19,20). The van der Waals surface area contributed by atoms with Crippen LogP contribution in [0, 0.1) is 5.92 Å². The molecule has 0 saturated heterocycles. The van der Waals surface area contributed by atoms with E-state index < -0.39 is 11.9 Å². The van der Waals surface area contributed by atoms with Gasteiger partial charge in [0.05, 0.1) is 10.4 Å². The molecule has 0 fully saturated rings. The van der Waals surface area contributed by atoms with Gasteiger partial charge in [0.1, 0.15) is 5.58 Å². The summed E-state index contributed by atoms with van der Waals surface area (Å²) in [5.74, 6) is -1.25. The van der Waals surface area contributed by atoms with E-state index in [-0.39, 0.29) is 11.7 Å². The second kappa shape index (κ2) is 6.76. The van der Waals surface area contributed by atoms with Gasteiger partial charge in [-0.15, -0.1) is 0 Å². The lowest BCUT2D eigenvalue weighted by molar-refractivity contribution is -0.141. The third-order valence-corrected chi connectivity index (χ3v) is 3.87. The van der Waals surface area contributed by atoms with E-state index in [4.69, 9.17) is 9.52 Å². The summed E-state index contributed by atoms with van der Waals surface area (Å²) in [6.07, 6.45) is 1.14. The summed E-state index contributed by atoms with van der Waals surface area (Å²) in [6, 6.07) is 7.28. The van der Waals surface area contributed by atoms with Crippen molar-refractivity contribution in [1.29, 1.82) is 0 Å². The fourth-order valence-electron chi connectivity index (χ4n) is 1.96. The number of hydrogen-bond acceptors (Lipinski definition) is 3. The summed E-state index contributed by atoms with van der Waals surface area (Å²) < 4.78 is 6.32. The number of nitrogens with one attached hydrogen (secondary N) is 1. The summed E-state index contributed by atoms with van der Waals surface area (Å²) in [6.45, 7) is 2.08. The van der Waals surface area contributed by atoms with Crippen LogP contribution in [0.3, 0.4) is 0 Å². The lowest BCUT2D eigenvalue weighted by Gasteiger charge is -2.06. The number of amides is 1. The SMILES string of the molecule is CC(CCCNC(=O)c1cc2cccc(Br)c2o1)C(=O)O. The largest absolute Gasteiger partial charge is 0.481 e. The molecule has 1 atom stereocenters. The molecule has 0 radical (unpaired) electrons. The van der Waals surface area contributed by atoms with Gasteiger partial charge in [-0.3, -0.25) is 9.59 Å². The molecule has 112 valence electrons. The molecule has 1 heterocycles. The lowest BCUT2D eigenvalue weighted by atomic mass is 10.1. The van der Waals surface area contributed by atoms with Crippen molar-refractivity contribution in [2.45, 2.75) is 19.8 Å². The Hall–Kier alpha value is -1.82. The van der Waals surface area contributed by atoms with Gasteiger partial charge in [-0.2, -0.15) is 0 Å². The van der Waals surface area contributed by atoms with Crippen LogP contribution in [0.5, 0.6) is 0 Å². The first kappa shape index (κ1) is 15.6. The third kappa shape index (κ3) is 3.85. The molecular formula is C15H16BrNO4. The highest BCUT2D eigenvalue weighted by molar-refractivity contribution is 9.10. The van der Waals surface area contributed by atoms with E-state index in [9.17, 15) is 9.59 Å². The second-order valence-electron chi connectivity index (χ2n) is 4.91. The molecule has 0 bridgehead atoms. The second-order valence-corrected chi connectivity index (χ2v) is 5.76. The fraction of sp³-hybridized carbons (Fsp3) is 0.333. The summed E-state index contributed by atoms with van der Waals surface area (Å²) >= 11 is 3.37. The predicted octanol–water partition coefficient (Wildman–Crippen LogP) is 3.43. The quantitative estimate of drug-likeness (QED) is 0.779. The monoisotopic (exact) mass is 353 g/mol. The first-order chi connectivity index (χ1) is 9.99. The smallest absolute Gasteiger partial charge is 0.306 e. The van der Waals surface area contributed by atoms with E-state index in [2.05, 4.69) is 21.2 Å². The zero-order valence-electron chi connectivity index (χ0n) is 11.6. The van der Waals surface area contributed by atoms with E-state index in [0.29, 0.717) is 25.0 Å². The topological polar surface area (TPSA) is 79.5 Å². The van der Waals surface area contributed by atoms with Gasteiger partial charge in [0.2, 0.25) is 0 Å². The molecule has 1 amide bonds. The lowest BCUT2D eigenvalue weighted by Crippen LogP contribution is -2.24. The van der Waals surface area contributed by atoms with Crippen LogP contribution in [-0.2, 0) is 4.79 Å². The Bertz CT molecular complexity index is 665. The molecule has 0 saturated carbocycles. The van der Waals surface area contributed by atoms with Crippen LogP contribution in [0.4, 0.5) is 0 Å². The number of carbonyl (C=O) groups is 2. The van der Waals surface area contributed by atoms with E-state index in [1.807, 2.05) is 18.2 Å². The highest BCUT2D eigenvalue weighted by Gasteiger charge is 2.14. The minimum absolute atomic E-state index is 0.253. The van der Waals surface area contributed by atoms with Crippen LogP contribution < -0.4 is 5.32 Å². The van der Waals surface area contributed by atoms with Crippen LogP contribution in [0.1, 0.15) is 30.3 Å². The van der Waals surface area contributed by atoms with E-state index >= 15 is 0 Å². The molecule has 2 rings (SSSR count). The zero-order chi connectivity index (χ0) is 15.4. The Kier molecular flexibility index (Phi) is 5.01. The minimum Gasteiger partial charge on any atom is -0.481 e. The average molecular weight is 354 g/mol. The molecule has 21 heavy (non-hydrogen) atoms. The molecule has 2 N–H and O–H groups in total. The van der Waals surface area contributed by atoms with Crippen molar-refractivity contribution in [3.05, 3.63) is 34.5 Å². The van der Waals surface area contributed by atoms with Gasteiger partial charge < -0.3 is 14.8 Å². The highest BCUT2D eigenvalue weighted by Crippen LogP contribution is 2.26. The van der Waals surface area contributed by atoms with Crippen LogP contribution in [0.25, 0.3) is 11.0 Å². The number of halogens is 1. The summed E-state index contributed by atoms with van der Waals surface area (Å²) in [4.78, 5) is 22.6. The minimum atomic E-state index is -0.816. The number of carboxylic acids is 1. The Morgan fingerprint density at radius 3 is 2.86 bits per heavy atom. The Balaban J connectivity index is 1.91. The maximum Gasteiger partial charge on any atom is 0.306 e. The normalized spacial score (nSPS) is 12.3. The number of carbonyl (C=O) groups excluding carboxylic acids is 1. The van der Waals surface area contributed by atoms with Crippen molar-refractivity contribution < 1.29 is 19.1 Å². The van der Waals surface area contributed by atoms with Crippen molar-refractivity contribution in [1.82, 2.24) is 5.32 Å². The van der Waals surface area contributed by atoms with Crippen molar-refractivity contribution >= 4 is 38.8 Å². The number of carboxylic acid groups (broad SMARTS) is 1. The number of para-hydroxylation sites is 1.